The molecule has 0 saturated heterocycles. The number of thiazole rings is 1. The number of oxazole rings is 1. The van der Waals surface area contributed by atoms with Gasteiger partial charge in [0.05, 0.1) is 23.7 Å². The molecule has 14 nitrogen and oxygen atoms in total. The minimum absolute atomic E-state index is 0.0105. The van der Waals surface area contributed by atoms with Gasteiger partial charge in [-0.2, -0.15) is 5.10 Å². The van der Waals surface area contributed by atoms with E-state index in [0.717, 1.165) is 10.2 Å². The second-order valence-corrected chi connectivity index (χ2v) is 14.2. The van der Waals surface area contributed by atoms with Crippen LogP contribution in [-0.2, 0) is 22.6 Å². The molecule has 3 atom stereocenters. The smallest absolute Gasteiger partial charge is 0.275 e. The zero-order chi connectivity index (χ0) is 36.9. The van der Waals surface area contributed by atoms with E-state index in [2.05, 4.69) is 31.0 Å². The number of rotatable bonds is 6. The van der Waals surface area contributed by atoms with Crippen LogP contribution in [0.4, 0.5) is 0 Å². The average molecular weight is 725 g/mol. The van der Waals surface area contributed by atoms with Crippen LogP contribution in [0, 0.1) is 12.8 Å². The Labute approximate surface area is 303 Å². The van der Waals surface area contributed by atoms with E-state index in [0.29, 0.717) is 34.3 Å². The molecule has 1 aliphatic heterocycles. The van der Waals surface area contributed by atoms with Crippen molar-refractivity contribution < 1.29 is 23.6 Å². The first-order chi connectivity index (χ1) is 24.9. The van der Waals surface area contributed by atoms with Crippen molar-refractivity contribution in [2.24, 2.45) is 5.92 Å². The van der Waals surface area contributed by atoms with Gasteiger partial charge >= 0.3 is 0 Å². The zero-order valence-corrected chi connectivity index (χ0v) is 30.1. The maximum atomic E-state index is 14.1. The van der Waals surface area contributed by atoms with Crippen molar-refractivity contribution >= 4 is 45.7 Å². The minimum Gasteiger partial charge on any atom is -0.446 e. The molecule has 3 aromatic heterocycles. The molecule has 15 heteroatoms. The molecule has 6 rings (SSSR count). The van der Waals surface area contributed by atoms with Crippen LogP contribution in [0.5, 0.6) is 0 Å². The SMILES string of the molecule is Cc1nn(CC(=O)N2CC(=O)N[C@H](Cc3ccccc3)c3nc(cs3)C(=O)N[C@H](C)c3nc(co3)C(=O)N[C@H](CC(C)C)C2)c(=O)c2ccccc12. The molecule has 5 aromatic rings. The molecule has 0 spiro atoms. The molecular weight excluding hydrogens is 685 g/mol. The molecule has 0 saturated carbocycles. The van der Waals surface area contributed by atoms with Crippen LogP contribution in [0.3, 0.4) is 0 Å². The summed E-state index contributed by atoms with van der Waals surface area (Å²) in [5.41, 5.74) is 1.20. The van der Waals surface area contributed by atoms with Crippen molar-refractivity contribution in [3.8, 4) is 0 Å². The Kier molecular flexibility index (Phi) is 10.9. The molecule has 0 radical (unpaired) electrons. The van der Waals surface area contributed by atoms with Crippen molar-refractivity contribution in [3.05, 3.63) is 110 Å². The first-order valence-corrected chi connectivity index (χ1v) is 17.9. The highest BCUT2D eigenvalue weighted by Gasteiger charge is 2.29. The number of amides is 4. The van der Waals surface area contributed by atoms with Crippen LogP contribution in [0.15, 0.2) is 75.5 Å². The third kappa shape index (κ3) is 8.42. The maximum absolute atomic E-state index is 14.1. The number of nitrogens with zero attached hydrogens (tertiary/aromatic N) is 5. The number of aryl methyl sites for hydroxylation is 1. The molecule has 2 aromatic carbocycles. The Bertz CT molecular complexity index is 2160. The van der Waals surface area contributed by atoms with Crippen LogP contribution < -0.4 is 21.5 Å². The van der Waals surface area contributed by atoms with E-state index in [1.807, 2.05) is 50.2 Å². The third-order valence-corrected chi connectivity index (χ3v) is 9.66. The summed E-state index contributed by atoms with van der Waals surface area (Å²) in [6.45, 7) is 6.54. The average Bonchev–Trinajstić information content (AvgIpc) is 3.81. The highest BCUT2D eigenvalue weighted by Crippen LogP contribution is 2.24. The summed E-state index contributed by atoms with van der Waals surface area (Å²) in [5.74, 6) is -1.83. The van der Waals surface area contributed by atoms with Crippen molar-refractivity contribution in [1.29, 1.82) is 0 Å². The van der Waals surface area contributed by atoms with Crippen LogP contribution >= 0.6 is 11.3 Å². The number of fused-ring (bicyclic) bond motifs is 5. The van der Waals surface area contributed by atoms with Crippen molar-refractivity contribution in [2.75, 3.05) is 13.1 Å². The van der Waals surface area contributed by atoms with Gasteiger partial charge in [0.1, 0.15) is 29.6 Å². The predicted octanol–water partition coefficient (Wildman–Crippen LogP) is 3.73. The van der Waals surface area contributed by atoms with Gasteiger partial charge in [-0.15, -0.1) is 11.3 Å². The van der Waals surface area contributed by atoms with Gasteiger partial charge in [0.2, 0.25) is 17.7 Å². The molecule has 4 amide bonds. The van der Waals surface area contributed by atoms with Gasteiger partial charge in [0.25, 0.3) is 17.4 Å². The number of carbonyl (C=O) groups is 4. The summed E-state index contributed by atoms with van der Waals surface area (Å²) in [4.78, 5) is 78.4. The number of benzene rings is 2. The quantitative estimate of drug-likeness (QED) is 0.235. The fourth-order valence-corrected chi connectivity index (χ4v) is 7.06. The van der Waals surface area contributed by atoms with Crippen molar-refractivity contribution in [3.63, 3.8) is 0 Å². The first-order valence-electron chi connectivity index (χ1n) is 17.0. The normalized spacial score (nSPS) is 18.8. The molecule has 4 bridgehead atoms. The topological polar surface area (TPSA) is 181 Å². The van der Waals surface area contributed by atoms with Gasteiger partial charge in [-0.05, 0) is 44.2 Å². The van der Waals surface area contributed by atoms with Crippen molar-refractivity contribution in [2.45, 2.75) is 65.2 Å². The summed E-state index contributed by atoms with van der Waals surface area (Å²) in [6.07, 6.45) is 2.03. The summed E-state index contributed by atoms with van der Waals surface area (Å²) < 4.78 is 6.69. The third-order valence-electron chi connectivity index (χ3n) is 8.70. The number of aromatic nitrogens is 4. The van der Waals surface area contributed by atoms with Gasteiger partial charge in [0, 0.05) is 23.4 Å². The van der Waals surface area contributed by atoms with E-state index >= 15 is 0 Å². The molecule has 270 valence electrons. The van der Waals surface area contributed by atoms with Gasteiger partial charge in [-0.3, -0.25) is 24.0 Å². The van der Waals surface area contributed by atoms with Crippen molar-refractivity contribution in [1.82, 2.24) is 40.6 Å². The van der Waals surface area contributed by atoms with E-state index in [1.165, 1.54) is 22.5 Å². The Morgan fingerprint density at radius 1 is 0.942 bits per heavy atom. The summed E-state index contributed by atoms with van der Waals surface area (Å²) in [6, 6.07) is 14.6. The fraction of sp³-hybridized carbons (Fsp3) is 0.351. The number of hydrogen-bond acceptors (Lipinski definition) is 10. The number of nitrogens with one attached hydrogen (secondary N) is 3. The van der Waals surface area contributed by atoms with Crippen LogP contribution in [-0.4, -0.2) is 67.4 Å². The minimum atomic E-state index is -0.687. The lowest BCUT2D eigenvalue weighted by atomic mass is 10.0. The van der Waals surface area contributed by atoms with Crippen LogP contribution in [0.2, 0.25) is 0 Å². The van der Waals surface area contributed by atoms with Gasteiger partial charge < -0.3 is 25.3 Å². The predicted molar refractivity (Wildman–Crippen MR) is 194 cm³/mol. The van der Waals surface area contributed by atoms with Crippen LogP contribution in [0.25, 0.3) is 10.8 Å². The second-order valence-electron chi connectivity index (χ2n) is 13.3. The van der Waals surface area contributed by atoms with Crippen LogP contribution in [0.1, 0.15) is 82.4 Å². The largest absolute Gasteiger partial charge is 0.446 e. The van der Waals surface area contributed by atoms with Gasteiger partial charge in [-0.1, -0.05) is 62.4 Å². The molecular formula is C37H40N8O6S. The molecule has 0 aliphatic carbocycles. The Morgan fingerprint density at radius 2 is 1.65 bits per heavy atom. The lowest BCUT2D eigenvalue weighted by Crippen LogP contribution is -2.51. The summed E-state index contributed by atoms with van der Waals surface area (Å²) >= 11 is 1.23. The monoisotopic (exact) mass is 724 g/mol. The van der Waals surface area contributed by atoms with E-state index in [-0.39, 0.29) is 36.3 Å². The van der Waals surface area contributed by atoms with E-state index in [4.69, 9.17) is 4.42 Å². The molecule has 4 heterocycles. The molecule has 0 unspecified atom stereocenters. The Hall–Kier alpha value is -5.70. The van der Waals surface area contributed by atoms with E-state index in [9.17, 15) is 24.0 Å². The zero-order valence-electron chi connectivity index (χ0n) is 29.3. The summed E-state index contributed by atoms with van der Waals surface area (Å²) in [7, 11) is 0. The summed E-state index contributed by atoms with van der Waals surface area (Å²) in [5, 5.41) is 16.4. The molecule has 1 aliphatic rings. The highest BCUT2D eigenvalue weighted by atomic mass is 32.1. The molecule has 3 N–H and O–H groups in total. The maximum Gasteiger partial charge on any atom is 0.275 e. The van der Waals surface area contributed by atoms with E-state index < -0.39 is 53.9 Å². The van der Waals surface area contributed by atoms with Gasteiger partial charge in [0.15, 0.2) is 5.69 Å². The second kappa shape index (κ2) is 15.7. The van der Waals surface area contributed by atoms with E-state index in [1.54, 1.807) is 37.4 Å². The standard InChI is InChI=1S/C37H40N8O6S/c1-21(2)14-25-16-44(32(47)18-45-37(50)27-13-9-8-12-26(27)22(3)43-45)17-31(46)40-28(15-24-10-6-5-7-11-24)36-42-30(20-52-36)34(49)38-23(4)35-41-29(19-51-35)33(48)39-25/h5-13,19-21,23,25,28H,14-18H2,1-4H3,(H,38,49)(H,39,48)(H,40,46)/t23-,25-,28-/m1/s1. The fourth-order valence-electron chi connectivity index (χ4n) is 6.21. The molecule has 52 heavy (non-hydrogen) atoms. The molecule has 0 fully saturated rings. The first kappa shape index (κ1) is 36.1. The Morgan fingerprint density at radius 3 is 2.40 bits per heavy atom. The van der Waals surface area contributed by atoms with Gasteiger partial charge in [-0.25, -0.2) is 14.6 Å². The number of hydrogen-bond donors (Lipinski definition) is 3. The Balaban J connectivity index is 1.37. The number of carbonyl (C=O) groups excluding carboxylic acids is 4. The lowest BCUT2D eigenvalue weighted by Gasteiger charge is -2.29. The highest BCUT2D eigenvalue weighted by molar-refractivity contribution is 7.09. The lowest BCUT2D eigenvalue weighted by molar-refractivity contribution is -0.137.